The predicted molar refractivity (Wildman–Crippen MR) is 170 cm³/mol. The fraction of sp³-hybridized carbons (Fsp3) is 0.500. The number of anilines is 1. The van der Waals surface area contributed by atoms with Crippen molar-refractivity contribution < 1.29 is 19.1 Å². The molecule has 3 amide bonds. The van der Waals surface area contributed by atoms with E-state index in [2.05, 4.69) is 10.2 Å². The van der Waals surface area contributed by atoms with Crippen molar-refractivity contribution in [3.05, 3.63) is 77.4 Å². The van der Waals surface area contributed by atoms with Crippen molar-refractivity contribution in [1.82, 2.24) is 29.9 Å². The zero-order valence-electron chi connectivity index (χ0n) is 26.1. The van der Waals surface area contributed by atoms with Crippen LogP contribution in [0.25, 0.3) is 0 Å². The molecule has 3 aliphatic heterocycles. The molecule has 3 aromatic rings. The Balaban J connectivity index is 1.28. The summed E-state index contributed by atoms with van der Waals surface area (Å²) in [4.78, 5) is 51.8. The van der Waals surface area contributed by atoms with E-state index >= 15 is 0 Å². The van der Waals surface area contributed by atoms with E-state index < -0.39 is 12.1 Å². The topological polar surface area (TPSA) is 113 Å². The smallest absolute Gasteiger partial charge is 0.253 e. The highest BCUT2D eigenvalue weighted by molar-refractivity contribution is 5.94. The molecule has 2 fully saturated rings. The summed E-state index contributed by atoms with van der Waals surface area (Å²) in [5.74, 6) is 0.996. The minimum Gasteiger partial charge on any atom is -0.378 e. The largest absolute Gasteiger partial charge is 0.378 e. The molecule has 0 saturated carbocycles. The Morgan fingerprint density at radius 1 is 0.911 bits per heavy atom. The molecule has 1 aromatic heterocycles. The summed E-state index contributed by atoms with van der Waals surface area (Å²) in [5, 5.41) is 7.95. The Morgan fingerprint density at radius 2 is 1.69 bits per heavy atom. The molecule has 6 rings (SSSR count). The van der Waals surface area contributed by atoms with Gasteiger partial charge in [-0.3, -0.25) is 14.4 Å². The van der Waals surface area contributed by atoms with Gasteiger partial charge in [-0.2, -0.15) is 5.10 Å². The van der Waals surface area contributed by atoms with Gasteiger partial charge >= 0.3 is 0 Å². The predicted octanol–water partition coefficient (Wildman–Crippen LogP) is 3.14. The van der Waals surface area contributed by atoms with E-state index in [0.717, 1.165) is 37.2 Å². The van der Waals surface area contributed by atoms with Gasteiger partial charge in [-0.05, 0) is 68.9 Å². The first-order chi connectivity index (χ1) is 22.0. The van der Waals surface area contributed by atoms with Gasteiger partial charge in [-0.1, -0.05) is 30.3 Å². The van der Waals surface area contributed by atoms with Crippen molar-refractivity contribution in [2.24, 2.45) is 0 Å². The summed E-state index contributed by atoms with van der Waals surface area (Å²) in [7, 11) is 0. The molecule has 2 aromatic carbocycles. The molecule has 11 heteroatoms. The summed E-state index contributed by atoms with van der Waals surface area (Å²) >= 11 is 0. The lowest BCUT2D eigenvalue weighted by molar-refractivity contribution is -0.142. The first-order valence-electron chi connectivity index (χ1n) is 16.2. The maximum atomic E-state index is 13.9. The second kappa shape index (κ2) is 14.2. The van der Waals surface area contributed by atoms with E-state index in [4.69, 9.17) is 14.8 Å². The molecule has 0 aliphatic carbocycles. The van der Waals surface area contributed by atoms with Crippen LogP contribution in [0.3, 0.4) is 0 Å². The fourth-order valence-electron chi connectivity index (χ4n) is 6.64. The Labute approximate surface area is 264 Å². The molecule has 2 atom stereocenters. The van der Waals surface area contributed by atoms with Gasteiger partial charge in [0.2, 0.25) is 11.8 Å². The average molecular weight is 614 g/mol. The molecule has 0 unspecified atom stereocenters. The van der Waals surface area contributed by atoms with E-state index in [1.807, 2.05) is 71.1 Å². The third-order valence-electron chi connectivity index (χ3n) is 9.02. The number of aromatic nitrogens is 3. The van der Waals surface area contributed by atoms with Crippen LogP contribution >= 0.6 is 0 Å². The van der Waals surface area contributed by atoms with E-state index in [9.17, 15) is 14.4 Å². The molecule has 238 valence electrons. The minimum absolute atomic E-state index is 0.0345. The molecular weight excluding hydrogens is 570 g/mol. The number of hydrogen-bond donors (Lipinski definition) is 1. The van der Waals surface area contributed by atoms with Gasteiger partial charge in [-0.15, -0.1) is 0 Å². The van der Waals surface area contributed by atoms with E-state index in [1.54, 1.807) is 4.90 Å². The van der Waals surface area contributed by atoms with Gasteiger partial charge in [0.15, 0.2) is 0 Å². The van der Waals surface area contributed by atoms with Crippen molar-refractivity contribution in [1.29, 1.82) is 0 Å². The summed E-state index contributed by atoms with van der Waals surface area (Å²) < 4.78 is 7.31. The van der Waals surface area contributed by atoms with Crippen LogP contribution in [0.15, 0.2) is 54.6 Å². The van der Waals surface area contributed by atoms with Gasteiger partial charge in [0.25, 0.3) is 5.91 Å². The minimum atomic E-state index is -0.521. The van der Waals surface area contributed by atoms with Gasteiger partial charge in [0.05, 0.1) is 25.8 Å². The number of nitrogens with one attached hydrogen (secondary N) is 1. The molecule has 0 bridgehead atoms. The number of carbonyl (C=O) groups excluding carboxylic acids is 3. The average Bonchev–Trinajstić information content (AvgIpc) is 3.46. The number of nitrogens with zero attached hydrogens (tertiary/aromatic N) is 6. The van der Waals surface area contributed by atoms with Crippen molar-refractivity contribution in [3.8, 4) is 0 Å². The van der Waals surface area contributed by atoms with Crippen molar-refractivity contribution in [2.75, 3.05) is 50.8 Å². The van der Waals surface area contributed by atoms with Crippen LogP contribution in [0.5, 0.6) is 0 Å². The second-order valence-corrected chi connectivity index (χ2v) is 12.1. The molecule has 0 radical (unpaired) electrons. The standard InChI is InChI=1S/C34H43N7O4/c1-25-35-32-29(24-26-8-3-2-4-9-26)36-33(43)30-10-5-6-17-40(30)31(42)11-7-16-39(18-19-41(32)37-25)34(44)27-12-14-28(15-13-27)38-20-22-45-23-21-38/h2-4,8-9,12-15,29-30H,5-7,10-11,16-24H2,1H3,(H,36,43)/t29-,30+/m1/s1. The van der Waals surface area contributed by atoms with Crippen LogP contribution < -0.4 is 10.2 Å². The summed E-state index contributed by atoms with van der Waals surface area (Å²) in [5.41, 5.74) is 2.75. The number of aryl methyl sites for hydroxylation is 1. The fourth-order valence-corrected chi connectivity index (χ4v) is 6.64. The third kappa shape index (κ3) is 7.36. The monoisotopic (exact) mass is 613 g/mol. The molecule has 0 spiro atoms. The first-order valence-corrected chi connectivity index (χ1v) is 16.2. The maximum absolute atomic E-state index is 13.9. The number of morpholine rings is 1. The molecule has 45 heavy (non-hydrogen) atoms. The first kappa shape index (κ1) is 30.8. The number of benzene rings is 2. The van der Waals surface area contributed by atoms with E-state index in [-0.39, 0.29) is 24.1 Å². The Hall–Kier alpha value is -4.25. The quantitative estimate of drug-likeness (QED) is 0.481. The van der Waals surface area contributed by atoms with Crippen LogP contribution in [0.4, 0.5) is 5.69 Å². The van der Waals surface area contributed by atoms with E-state index in [1.165, 1.54) is 0 Å². The van der Waals surface area contributed by atoms with Crippen LogP contribution in [0.1, 0.15) is 65.7 Å². The molecule has 11 nitrogen and oxygen atoms in total. The Morgan fingerprint density at radius 3 is 2.47 bits per heavy atom. The number of piperidine rings is 1. The molecule has 4 heterocycles. The Kier molecular flexibility index (Phi) is 9.73. The van der Waals surface area contributed by atoms with Gasteiger partial charge < -0.3 is 24.8 Å². The molecule has 3 aliphatic rings. The summed E-state index contributed by atoms with van der Waals surface area (Å²) in [6.45, 7) is 6.70. The highest BCUT2D eigenvalue weighted by Crippen LogP contribution is 2.24. The lowest BCUT2D eigenvalue weighted by Gasteiger charge is -2.36. The normalized spacial score (nSPS) is 21.8. The Bertz CT molecular complexity index is 1470. The molecule has 2 saturated heterocycles. The zero-order chi connectivity index (χ0) is 31.2. The zero-order valence-corrected chi connectivity index (χ0v) is 26.1. The van der Waals surface area contributed by atoms with Crippen LogP contribution in [0, 0.1) is 6.92 Å². The maximum Gasteiger partial charge on any atom is 0.253 e. The number of rotatable bonds is 4. The number of amides is 3. The van der Waals surface area contributed by atoms with Crippen LogP contribution in [-0.4, -0.2) is 94.3 Å². The molecular formula is C34H43N7O4. The number of hydrogen-bond acceptors (Lipinski definition) is 7. The lowest BCUT2D eigenvalue weighted by Crippen LogP contribution is -2.53. The van der Waals surface area contributed by atoms with Crippen LogP contribution in [0.2, 0.25) is 0 Å². The SMILES string of the molecule is Cc1nc2n(n1)CCN(C(=O)c1ccc(N3CCOCC3)cc1)CCCC(=O)N1CCCC[C@H]1C(=O)N[C@@H]2Cc1ccccc1. The van der Waals surface area contributed by atoms with Gasteiger partial charge in [0, 0.05) is 50.4 Å². The highest BCUT2D eigenvalue weighted by atomic mass is 16.5. The number of ether oxygens (including phenoxy) is 1. The van der Waals surface area contributed by atoms with Gasteiger partial charge in [0.1, 0.15) is 17.7 Å². The van der Waals surface area contributed by atoms with E-state index in [0.29, 0.717) is 75.9 Å². The van der Waals surface area contributed by atoms with Crippen LogP contribution in [-0.2, 0) is 27.3 Å². The summed E-state index contributed by atoms with van der Waals surface area (Å²) in [6, 6.07) is 16.8. The van der Waals surface area contributed by atoms with Gasteiger partial charge in [-0.25, -0.2) is 9.67 Å². The highest BCUT2D eigenvalue weighted by Gasteiger charge is 2.34. The van der Waals surface area contributed by atoms with Crippen molar-refractivity contribution in [3.63, 3.8) is 0 Å². The molecule has 1 N–H and O–H groups in total. The summed E-state index contributed by atoms with van der Waals surface area (Å²) in [6.07, 6.45) is 3.73. The lowest BCUT2D eigenvalue weighted by atomic mass is 9.99. The van der Waals surface area contributed by atoms with Crippen molar-refractivity contribution >= 4 is 23.4 Å². The van der Waals surface area contributed by atoms with Crippen molar-refractivity contribution in [2.45, 2.75) is 64.1 Å². The number of carbonyl (C=O) groups is 3. The second-order valence-electron chi connectivity index (χ2n) is 12.1. The number of fused-ring (bicyclic) bond motifs is 2. The third-order valence-corrected chi connectivity index (χ3v) is 9.02.